The first kappa shape index (κ1) is 16.4. The molecule has 1 atom stereocenters. The summed E-state index contributed by atoms with van der Waals surface area (Å²) in [7, 11) is 0. The van der Waals surface area contributed by atoms with Crippen LogP contribution in [0.3, 0.4) is 0 Å². The van der Waals surface area contributed by atoms with Crippen molar-refractivity contribution in [3.8, 4) is 0 Å². The third-order valence-corrected chi connectivity index (χ3v) is 3.70. The van der Waals surface area contributed by atoms with Gasteiger partial charge in [-0.1, -0.05) is 13.0 Å². The second kappa shape index (κ2) is 7.85. The summed E-state index contributed by atoms with van der Waals surface area (Å²) in [4.78, 5) is 22.3. The molecule has 20 heavy (non-hydrogen) atoms. The van der Waals surface area contributed by atoms with Gasteiger partial charge in [-0.3, -0.25) is 14.9 Å². The SMILES string of the molecule is Cc1c(C(=O)NCCCC(C)CCl)cccc1[N+](=O)[O-]. The van der Waals surface area contributed by atoms with Crippen LogP contribution >= 0.6 is 11.6 Å². The molecule has 1 unspecified atom stereocenters. The highest BCUT2D eigenvalue weighted by Gasteiger charge is 2.17. The lowest BCUT2D eigenvalue weighted by molar-refractivity contribution is -0.385. The van der Waals surface area contributed by atoms with Crippen LogP contribution in [0.1, 0.15) is 35.7 Å². The van der Waals surface area contributed by atoms with Crippen LogP contribution in [0.2, 0.25) is 0 Å². The van der Waals surface area contributed by atoms with E-state index in [9.17, 15) is 14.9 Å². The second-order valence-electron chi connectivity index (χ2n) is 4.86. The predicted molar refractivity (Wildman–Crippen MR) is 79.3 cm³/mol. The number of nitro benzene ring substituents is 1. The molecule has 1 aromatic carbocycles. The van der Waals surface area contributed by atoms with E-state index in [0.29, 0.717) is 29.5 Å². The number of rotatable bonds is 7. The largest absolute Gasteiger partial charge is 0.352 e. The number of carbonyl (C=O) groups excluding carboxylic acids is 1. The maximum atomic E-state index is 12.0. The van der Waals surface area contributed by atoms with Gasteiger partial charge in [0.05, 0.1) is 4.92 Å². The minimum Gasteiger partial charge on any atom is -0.352 e. The molecule has 0 aromatic heterocycles. The molecule has 0 aliphatic rings. The average Bonchev–Trinajstić information content (AvgIpc) is 2.42. The smallest absolute Gasteiger partial charge is 0.273 e. The Hall–Kier alpha value is -1.62. The van der Waals surface area contributed by atoms with Gasteiger partial charge >= 0.3 is 0 Å². The van der Waals surface area contributed by atoms with Gasteiger partial charge in [0.2, 0.25) is 0 Å². The number of benzene rings is 1. The van der Waals surface area contributed by atoms with Crippen LogP contribution in [0.15, 0.2) is 18.2 Å². The molecule has 110 valence electrons. The Morgan fingerprint density at radius 2 is 2.20 bits per heavy atom. The second-order valence-corrected chi connectivity index (χ2v) is 5.17. The minimum absolute atomic E-state index is 0.0339. The molecule has 0 aliphatic carbocycles. The molecule has 1 N–H and O–H groups in total. The van der Waals surface area contributed by atoms with Crippen LogP contribution in [0.4, 0.5) is 5.69 Å². The Balaban J connectivity index is 2.60. The van der Waals surface area contributed by atoms with Crippen LogP contribution < -0.4 is 5.32 Å². The number of hydrogen-bond donors (Lipinski definition) is 1. The van der Waals surface area contributed by atoms with Crippen molar-refractivity contribution < 1.29 is 9.72 Å². The average molecular weight is 299 g/mol. The van der Waals surface area contributed by atoms with Gasteiger partial charge in [0.15, 0.2) is 0 Å². The Morgan fingerprint density at radius 3 is 2.80 bits per heavy atom. The number of hydrogen-bond acceptors (Lipinski definition) is 3. The summed E-state index contributed by atoms with van der Waals surface area (Å²) in [6, 6.07) is 4.52. The highest BCUT2D eigenvalue weighted by molar-refractivity contribution is 6.18. The molecule has 6 heteroatoms. The summed E-state index contributed by atoms with van der Waals surface area (Å²) in [6.45, 7) is 4.18. The van der Waals surface area contributed by atoms with Crippen molar-refractivity contribution in [2.24, 2.45) is 5.92 Å². The summed E-state index contributed by atoms with van der Waals surface area (Å²) in [6.07, 6.45) is 1.78. The van der Waals surface area contributed by atoms with Gasteiger partial charge < -0.3 is 5.32 Å². The molecule has 0 spiro atoms. The number of amides is 1. The fourth-order valence-electron chi connectivity index (χ4n) is 1.89. The van der Waals surface area contributed by atoms with E-state index in [1.54, 1.807) is 13.0 Å². The number of nitrogens with one attached hydrogen (secondary N) is 1. The van der Waals surface area contributed by atoms with Crippen molar-refractivity contribution in [3.63, 3.8) is 0 Å². The molecule has 0 saturated heterocycles. The van der Waals surface area contributed by atoms with Crippen LogP contribution in [0.25, 0.3) is 0 Å². The van der Waals surface area contributed by atoms with Gasteiger partial charge in [-0.15, -0.1) is 11.6 Å². The zero-order valence-electron chi connectivity index (χ0n) is 11.7. The first-order valence-corrected chi connectivity index (χ1v) is 7.09. The summed E-state index contributed by atoms with van der Waals surface area (Å²) >= 11 is 5.71. The zero-order valence-corrected chi connectivity index (χ0v) is 12.4. The number of nitrogens with zero attached hydrogens (tertiary/aromatic N) is 1. The quantitative estimate of drug-likeness (QED) is 0.363. The summed E-state index contributed by atoms with van der Waals surface area (Å²) < 4.78 is 0. The van der Waals surface area contributed by atoms with Crippen molar-refractivity contribution in [1.82, 2.24) is 5.32 Å². The van der Waals surface area contributed by atoms with E-state index in [0.717, 1.165) is 12.8 Å². The fraction of sp³-hybridized carbons (Fsp3) is 0.500. The standard InChI is InChI=1S/C14H19ClN2O3/c1-10(9-15)5-4-8-16-14(18)12-6-3-7-13(11(12)2)17(19)20/h3,6-7,10H,4-5,8-9H2,1-2H3,(H,16,18). The van der Waals surface area contributed by atoms with Crippen LogP contribution in [-0.4, -0.2) is 23.3 Å². The number of alkyl halides is 1. The lowest BCUT2D eigenvalue weighted by Gasteiger charge is -2.09. The van der Waals surface area contributed by atoms with Gasteiger partial charge in [0, 0.05) is 29.6 Å². The Morgan fingerprint density at radius 1 is 1.50 bits per heavy atom. The third-order valence-electron chi connectivity index (χ3n) is 3.17. The topological polar surface area (TPSA) is 72.2 Å². The molecule has 0 bridgehead atoms. The van der Waals surface area contributed by atoms with Gasteiger partial charge in [0.25, 0.3) is 11.6 Å². The Kier molecular flexibility index (Phi) is 6.45. The number of nitro groups is 1. The normalized spacial score (nSPS) is 11.9. The zero-order chi connectivity index (χ0) is 15.1. The predicted octanol–water partition coefficient (Wildman–Crippen LogP) is 3.29. The van der Waals surface area contributed by atoms with E-state index in [1.165, 1.54) is 12.1 Å². The molecule has 1 rings (SSSR count). The summed E-state index contributed by atoms with van der Waals surface area (Å²) in [5.74, 6) is 0.760. The highest BCUT2D eigenvalue weighted by Crippen LogP contribution is 2.20. The van der Waals surface area contributed by atoms with Crippen molar-refractivity contribution in [2.75, 3.05) is 12.4 Å². The summed E-state index contributed by atoms with van der Waals surface area (Å²) in [5.41, 5.74) is 0.710. The van der Waals surface area contributed by atoms with E-state index in [4.69, 9.17) is 11.6 Å². The van der Waals surface area contributed by atoms with Crippen LogP contribution in [0.5, 0.6) is 0 Å². The van der Waals surface area contributed by atoms with Gasteiger partial charge in [0.1, 0.15) is 0 Å². The van der Waals surface area contributed by atoms with Crippen molar-refractivity contribution in [2.45, 2.75) is 26.7 Å². The number of halogens is 1. The van der Waals surface area contributed by atoms with E-state index in [2.05, 4.69) is 12.2 Å². The van der Waals surface area contributed by atoms with Crippen LogP contribution in [-0.2, 0) is 0 Å². The maximum Gasteiger partial charge on any atom is 0.273 e. The van der Waals surface area contributed by atoms with Crippen LogP contribution in [0, 0.1) is 23.0 Å². The van der Waals surface area contributed by atoms with Crippen molar-refractivity contribution in [3.05, 3.63) is 39.4 Å². The molecular weight excluding hydrogens is 280 g/mol. The molecular formula is C14H19ClN2O3. The van der Waals surface area contributed by atoms with E-state index in [1.807, 2.05) is 0 Å². The monoisotopic (exact) mass is 298 g/mol. The molecule has 0 aliphatic heterocycles. The Labute approximate surface area is 123 Å². The first-order valence-electron chi connectivity index (χ1n) is 6.55. The summed E-state index contributed by atoms with van der Waals surface area (Å²) in [5, 5.41) is 13.6. The molecule has 5 nitrogen and oxygen atoms in total. The van der Waals surface area contributed by atoms with Gasteiger partial charge in [-0.2, -0.15) is 0 Å². The lowest BCUT2D eigenvalue weighted by Crippen LogP contribution is -2.25. The molecule has 0 radical (unpaired) electrons. The van der Waals surface area contributed by atoms with Crippen molar-refractivity contribution >= 4 is 23.2 Å². The van der Waals surface area contributed by atoms with E-state index >= 15 is 0 Å². The van der Waals surface area contributed by atoms with E-state index in [-0.39, 0.29) is 11.6 Å². The lowest BCUT2D eigenvalue weighted by atomic mass is 10.1. The van der Waals surface area contributed by atoms with Gasteiger partial charge in [-0.25, -0.2) is 0 Å². The fourth-order valence-corrected chi connectivity index (χ4v) is 2.05. The minimum atomic E-state index is -0.478. The molecule has 1 aromatic rings. The third kappa shape index (κ3) is 4.49. The van der Waals surface area contributed by atoms with E-state index < -0.39 is 4.92 Å². The number of carbonyl (C=O) groups is 1. The first-order chi connectivity index (χ1) is 9.47. The Bertz CT molecular complexity index is 491. The van der Waals surface area contributed by atoms with Crippen molar-refractivity contribution in [1.29, 1.82) is 0 Å². The highest BCUT2D eigenvalue weighted by atomic mass is 35.5. The molecule has 0 fully saturated rings. The molecule has 0 saturated carbocycles. The maximum absolute atomic E-state index is 12.0. The molecule has 0 heterocycles. The molecule has 1 amide bonds. The van der Waals surface area contributed by atoms with Gasteiger partial charge in [-0.05, 0) is 31.7 Å².